The molecular weight excluding hydrogens is 383 g/mol. The fraction of sp³-hybridized carbons (Fsp3) is 0.773. The van der Waals surface area contributed by atoms with Crippen molar-refractivity contribution in [2.75, 3.05) is 6.61 Å². The van der Waals surface area contributed by atoms with Crippen LogP contribution in [0, 0.1) is 11.8 Å². The maximum Gasteiger partial charge on any atom is 0.490 e. The minimum atomic E-state index is -0.939. The molecule has 0 radical (unpaired) electrons. The number of ether oxygens (including phenoxy) is 1. The van der Waals surface area contributed by atoms with E-state index in [0.29, 0.717) is 30.6 Å². The van der Waals surface area contributed by atoms with Crippen LogP contribution in [0.15, 0.2) is 17.6 Å². The van der Waals surface area contributed by atoms with Crippen LogP contribution in [-0.4, -0.2) is 50.5 Å². The minimum absolute atomic E-state index is 0.146. The van der Waals surface area contributed by atoms with Crippen molar-refractivity contribution in [2.24, 2.45) is 18.9 Å². The summed E-state index contributed by atoms with van der Waals surface area (Å²) < 4.78 is 19.8. The summed E-state index contributed by atoms with van der Waals surface area (Å²) in [5.41, 5.74) is -0.603. The average molecular weight is 418 g/mol. The summed E-state index contributed by atoms with van der Waals surface area (Å²) in [6, 6.07) is 1.80. The quantitative estimate of drug-likeness (QED) is 0.716. The lowest BCUT2D eigenvalue weighted by Gasteiger charge is -2.32. The Hall–Kier alpha value is -1.35. The number of fused-ring (bicyclic) bond motifs is 1. The first kappa shape index (κ1) is 21.9. The molecule has 166 valence electrons. The molecule has 3 aliphatic rings. The molecule has 1 aromatic rings. The Bertz CT molecular complexity index is 840. The first-order valence-electron chi connectivity index (χ1n) is 10.9. The lowest BCUT2D eigenvalue weighted by Crippen LogP contribution is -2.41. The second-order valence-electron chi connectivity index (χ2n) is 11.0. The Kier molecular flexibility index (Phi) is 4.98. The number of hydrogen-bond donors (Lipinski definition) is 2. The molecule has 2 fully saturated rings. The van der Waals surface area contributed by atoms with Crippen LogP contribution in [0.25, 0.3) is 0 Å². The number of hydrogen-bond acceptors (Lipinski definition) is 6. The van der Waals surface area contributed by atoms with E-state index >= 15 is 0 Å². The summed E-state index contributed by atoms with van der Waals surface area (Å²) in [4.78, 5) is 0. The van der Waals surface area contributed by atoms with E-state index in [1.807, 2.05) is 7.05 Å². The van der Waals surface area contributed by atoms with E-state index in [1.165, 1.54) is 5.47 Å². The molecule has 3 atom stereocenters. The number of rotatable bonds is 5. The van der Waals surface area contributed by atoms with E-state index in [4.69, 9.17) is 14.0 Å². The molecule has 1 saturated heterocycles. The molecule has 2 heterocycles. The van der Waals surface area contributed by atoms with Gasteiger partial charge in [-0.15, -0.1) is 5.10 Å². The van der Waals surface area contributed by atoms with Gasteiger partial charge in [-0.2, -0.15) is 0 Å². The molecule has 0 bridgehead atoms. The van der Waals surface area contributed by atoms with Crippen LogP contribution >= 0.6 is 0 Å². The molecule has 2 aliphatic carbocycles. The van der Waals surface area contributed by atoms with Gasteiger partial charge in [0.25, 0.3) is 0 Å². The first-order valence-corrected chi connectivity index (χ1v) is 10.9. The van der Waals surface area contributed by atoms with Gasteiger partial charge in [0.15, 0.2) is 0 Å². The van der Waals surface area contributed by atoms with Gasteiger partial charge >= 0.3 is 7.12 Å². The van der Waals surface area contributed by atoms with Crippen molar-refractivity contribution in [3.63, 3.8) is 0 Å². The van der Waals surface area contributed by atoms with E-state index in [2.05, 4.69) is 38.9 Å². The molecule has 1 aliphatic heterocycles. The van der Waals surface area contributed by atoms with Crippen LogP contribution in [0.3, 0.4) is 0 Å². The van der Waals surface area contributed by atoms with Gasteiger partial charge in [0, 0.05) is 13.1 Å². The zero-order valence-electron chi connectivity index (χ0n) is 19.2. The normalized spacial score (nSPS) is 32.4. The van der Waals surface area contributed by atoms with Gasteiger partial charge in [0.2, 0.25) is 5.88 Å². The van der Waals surface area contributed by atoms with Crippen LogP contribution in [-0.2, 0) is 22.0 Å². The number of allylic oxidation sites excluding steroid dienone is 2. The summed E-state index contributed by atoms with van der Waals surface area (Å²) in [6.45, 7) is 11.8. The molecule has 2 N–H and O–H groups in total. The van der Waals surface area contributed by atoms with E-state index in [-0.39, 0.29) is 24.9 Å². The fourth-order valence-corrected chi connectivity index (χ4v) is 4.87. The molecule has 4 rings (SSSR count). The third-order valence-electron chi connectivity index (χ3n) is 7.17. The van der Waals surface area contributed by atoms with E-state index < -0.39 is 11.2 Å². The molecule has 7 nitrogen and oxygen atoms in total. The lowest BCUT2D eigenvalue weighted by molar-refractivity contribution is 0.00578. The Balaban J connectivity index is 1.46. The SMILES string of the molecule is Cn1nc(OCC(C)(C)O)cc1C1(O)CC2C=C(B3OC(C)(C)C(C)(C)O3)CC2C1. The third-order valence-corrected chi connectivity index (χ3v) is 7.17. The molecule has 8 heteroatoms. The van der Waals surface area contributed by atoms with Gasteiger partial charge in [-0.3, -0.25) is 4.68 Å². The molecule has 3 unspecified atom stereocenters. The maximum atomic E-state index is 11.5. The molecule has 0 spiro atoms. The van der Waals surface area contributed by atoms with Crippen molar-refractivity contribution in [3.05, 3.63) is 23.3 Å². The molecule has 1 aromatic heterocycles. The fourth-order valence-electron chi connectivity index (χ4n) is 4.87. The van der Waals surface area contributed by atoms with E-state index in [9.17, 15) is 10.2 Å². The highest BCUT2D eigenvalue weighted by atomic mass is 16.7. The second-order valence-corrected chi connectivity index (χ2v) is 11.0. The van der Waals surface area contributed by atoms with E-state index in [0.717, 1.165) is 12.1 Å². The Morgan fingerprint density at radius 1 is 1.23 bits per heavy atom. The number of aromatic nitrogens is 2. The average Bonchev–Trinajstić information content (AvgIpc) is 3.26. The van der Waals surface area contributed by atoms with Crippen molar-refractivity contribution in [1.82, 2.24) is 9.78 Å². The van der Waals surface area contributed by atoms with Crippen molar-refractivity contribution < 1.29 is 24.3 Å². The Morgan fingerprint density at radius 2 is 1.87 bits per heavy atom. The monoisotopic (exact) mass is 418 g/mol. The molecular formula is C22H35BN2O5. The van der Waals surface area contributed by atoms with Crippen LogP contribution < -0.4 is 4.74 Å². The molecule has 0 amide bonds. The number of nitrogens with zero attached hydrogens (tertiary/aromatic N) is 2. The van der Waals surface area contributed by atoms with Gasteiger partial charge in [0.1, 0.15) is 12.2 Å². The zero-order valence-corrected chi connectivity index (χ0v) is 19.2. The number of aliphatic hydroxyl groups is 2. The van der Waals surface area contributed by atoms with Gasteiger partial charge in [0.05, 0.1) is 22.5 Å². The smallest absolute Gasteiger partial charge is 0.474 e. The van der Waals surface area contributed by atoms with Crippen molar-refractivity contribution in [2.45, 2.75) is 83.2 Å². The predicted molar refractivity (Wildman–Crippen MR) is 114 cm³/mol. The van der Waals surface area contributed by atoms with Crippen LogP contribution in [0.4, 0.5) is 0 Å². The van der Waals surface area contributed by atoms with Gasteiger partial charge < -0.3 is 24.3 Å². The van der Waals surface area contributed by atoms with Gasteiger partial charge in [-0.25, -0.2) is 0 Å². The largest absolute Gasteiger partial charge is 0.490 e. The zero-order chi connectivity index (χ0) is 22.1. The Morgan fingerprint density at radius 3 is 2.43 bits per heavy atom. The standard InChI is InChI=1S/C22H35BN2O5/c1-19(2,26)13-28-18-10-17(25(7)24-18)22(27)11-14-8-16(9-15(14)12-22)23-29-20(3,4)21(5,6)30-23/h8,10,14-15,26-27H,9,11-13H2,1-7H3. The van der Waals surface area contributed by atoms with Crippen LogP contribution in [0.1, 0.15) is 66.5 Å². The summed E-state index contributed by atoms with van der Waals surface area (Å²) in [5, 5.41) is 25.7. The minimum Gasteiger partial charge on any atom is -0.474 e. The van der Waals surface area contributed by atoms with Gasteiger partial charge in [-0.05, 0) is 78.1 Å². The highest BCUT2D eigenvalue weighted by Crippen LogP contribution is 2.53. The van der Waals surface area contributed by atoms with Crippen molar-refractivity contribution >= 4 is 7.12 Å². The highest BCUT2D eigenvalue weighted by Gasteiger charge is 2.55. The summed E-state index contributed by atoms with van der Waals surface area (Å²) in [7, 11) is 1.52. The summed E-state index contributed by atoms with van der Waals surface area (Å²) in [6.07, 6.45) is 4.45. The summed E-state index contributed by atoms with van der Waals surface area (Å²) >= 11 is 0. The van der Waals surface area contributed by atoms with Crippen LogP contribution in [0.5, 0.6) is 5.88 Å². The first-order chi connectivity index (χ1) is 13.7. The van der Waals surface area contributed by atoms with E-state index in [1.54, 1.807) is 24.6 Å². The lowest BCUT2D eigenvalue weighted by atomic mass is 9.76. The van der Waals surface area contributed by atoms with Gasteiger partial charge in [-0.1, -0.05) is 6.08 Å². The summed E-state index contributed by atoms with van der Waals surface area (Å²) in [5.74, 6) is 1.08. The topological polar surface area (TPSA) is 86.0 Å². The highest BCUT2D eigenvalue weighted by molar-refractivity contribution is 6.54. The predicted octanol–water partition coefficient (Wildman–Crippen LogP) is 2.75. The maximum absolute atomic E-state index is 11.5. The van der Waals surface area contributed by atoms with Crippen LogP contribution in [0.2, 0.25) is 0 Å². The Labute approximate surface area is 179 Å². The van der Waals surface area contributed by atoms with Crippen molar-refractivity contribution in [1.29, 1.82) is 0 Å². The molecule has 0 aromatic carbocycles. The molecule has 1 saturated carbocycles. The molecule has 30 heavy (non-hydrogen) atoms. The number of aryl methyl sites for hydroxylation is 1. The third kappa shape index (κ3) is 3.83. The van der Waals surface area contributed by atoms with Crippen molar-refractivity contribution in [3.8, 4) is 5.88 Å². The second kappa shape index (κ2) is 6.83.